The Morgan fingerprint density at radius 2 is 2.27 bits per heavy atom. The van der Waals surface area contributed by atoms with Crippen LogP contribution in [-0.2, 0) is 4.79 Å². The SMILES string of the molecule is Cc1ccc(F)c(N2CC(Br)CC2=O)c1. The molecule has 1 amide bonds. The number of halogens is 2. The van der Waals surface area contributed by atoms with E-state index in [1.54, 1.807) is 12.1 Å². The Labute approximate surface area is 96.2 Å². The lowest BCUT2D eigenvalue weighted by Crippen LogP contribution is -2.25. The molecule has 2 rings (SSSR count). The van der Waals surface area contributed by atoms with Crippen molar-refractivity contribution >= 4 is 27.5 Å². The fourth-order valence-corrected chi connectivity index (χ4v) is 2.29. The summed E-state index contributed by atoms with van der Waals surface area (Å²) in [5, 5.41) is 0. The lowest BCUT2D eigenvalue weighted by molar-refractivity contribution is -0.117. The number of carbonyl (C=O) groups is 1. The van der Waals surface area contributed by atoms with E-state index >= 15 is 0 Å². The van der Waals surface area contributed by atoms with Crippen molar-refractivity contribution in [3.05, 3.63) is 29.6 Å². The van der Waals surface area contributed by atoms with E-state index in [1.165, 1.54) is 11.0 Å². The predicted molar refractivity (Wildman–Crippen MR) is 60.8 cm³/mol. The Kier molecular flexibility index (Phi) is 2.78. The van der Waals surface area contributed by atoms with Crippen LogP contribution < -0.4 is 4.90 Å². The molecule has 1 aliphatic rings. The van der Waals surface area contributed by atoms with Crippen LogP contribution in [0.1, 0.15) is 12.0 Å². The molecule has 0 aliphatic carbocycles. The van der Waals surface area contributed by atoms with Gasteiger partial charge in [0, 0.05) is 17.8 Å². The third kappa shape index (κ3) is 2.04. The molecule has 2 nitrogen and oxygen atoms in total. The molecule has 0 spiro atoms. The third-order valence-electron chi connectivity index (χ3n) is 2.47. The average Bonchev–Trinajstić information content (AvgIpc) is 2.50. The molecule has 0 bridgehead atoms. The lowest BCUT2D eigenvalue weighted by Gasteiger charge is -2.17. The van der Waals surface area contributed by atoms with Crippen molar-refractivity contribution in [2.24, 2.45) is 0 Å². The van der Waals surface area contributed by atoms with Crippen molar-refractivity contribution in [2.45, 2.75) is 18.2 Å². The van der Waals surface area contributed by atoms with Gasteiger partial charge in [-0.1, -0.05) is 22.0 Å². The van der Waals surface area contributed by atoms with Crippen molar-refractivity contribution in [3.8, 4) is 0 Å². The minimum Gasteiger partial charge on any atom is -0.308 e. The molecule has 1 saturated heterocycles. The molecule has 1 heterocycles. The van der Waals surface area contributed by atoms with Gasteiger partial charge in [0.1, 0.15) is 5.82 Å². The first-order chi connectivity index (χ1) is 7.08. The average molecular weight is 272 g/mol. The maximum absolute atomic E-state index is 13.5. The number of nitrogens with zero attached hydrogens (tertiary/aromatic N) is 1. The first-order valence-corrected chi connectivity index (χ1v) is 5.70. The number of anilines is 1. The van der Waals surface area contributed by atoms with Crippen molar-refractivity contribution in [1.82, 2.24) is 0 Å². The number of hydrogen-bond donors (Lipinski definition) is 0. The highest BCUT2D eigenvalue weighted by molar-refractivity contribution is 9.09. The van der Waals surface area contributed by atoms with E-state index in [4.69, 9.17) is 0 Å². The zero-order valence-electron chi connectivity index (χ0n) is 8.34. The molecule has 0 N–H and O–H groups in total. The molecular weight excluding hydrogens is 261 g/mol. The maximum Gasteiger partial charge on any atom is 0.228 e. The van der Waals surface area contributed by atoms with Gasteiger partial charge in [-0.15, -0.1) is 0 Å². The van der Waals surface area contributed by atoms with Crippen LogP contribution in [0.5, 0.6) is 0 Å². The van der Waals surface area contributed by atoms with E-state index in [9.17, 15) is 9.18 Å². The molecule has 1 atom stereocenters. The summed E-state index contributed by atoms with van der Waals surface area (Å²) in [6.45, 7) is 2.42. The Morgan fingerprint density at radius 1 is 1.53 bits per heavy atom. The summed E-state index contributed by atoms with van der Waals surface area (Å²) in [7, 11) is 0. The monoisotopic (exact) mass is 271 g/mol. The van der Waals surface area contributed by atoms with Gasteiger partial charge in [0.2, 0.25) is 5.91 Å². The van der Waals surface area contributed by atoms with Crippen LogP contribution in [0.15, 0.2) is 18.2 Å². The Hall–Kier alpha value is -0.900. The highest BCUT2D eigenvalue weighted by Crippen LogP contribution is 2.28. The highest BCUT2D eigenvalue weighted by Gasteiger charge is 2.30. The zero-order chi connectivity index (χ0) is 11.0. The van der Waals surface area contributed by atoms with Gasteiger partial charge in [0.05, 0.1) is 5.69 Å². The van der Waals surface area contributed by atoms with E-state index < -0.39 is 0 Å². The van der Waals surface area contributed by atoms with E-state index in [2.05, 4.69) is 15.9 Å². The van der Waals surface area contributed by atoms with Crippen molar-refractivity contribution in [1.29, 1.82) is 0 Å². The van der Waals surface area contributed by atoms with Crippen LogP contribution in [0.25, 0.3) is 0 Å². The van der Waals surface area contributed by atoms with E-state index in [0.29, 0.717) is 18.7 Å². The van der Waals surface area contributed by atoms with Crippen LogP contribution in [-0.4, -0.2) is 17.3 Å². The van der Waals surface area contributed by atoms with Gasteiger partial charge in [0.15, 0.2) is 0 Å². The van der Waals surface area contributed by atoms with Gasteiger partial charge in [-0.3, -0.25) is 4.79 Å². The highest BCUT2D eigenvalue weighted by atomic mass is 79.9. The van der Waals surface area contributed by atoms with E-state index in [0.717, 1.165) is 5.56 Å². The van der Waals surface area contributed by atoms with Gasteiger partial charge in [-0.2, -0.15) is 0 Å². The second kappa shape index (κ2) is 3.93. The van der Waals surface area contributed by atoms with Gasteiger partial charge < -0.3 is 4.90 Å². The number of alkyl halides is 1. The van der Waals surface area contributed by atoms with Crippen molar-refractivity contribution in [2.75, 3.05) is 11.4 Å². The van der Waals surface area contributed by atoms with E-state index in [-0.39, 0.29) is 16.6 Å². The molecule has 1 fully saturated rings. The molecule has 1 aromatic rings. The van der Waals surface area contributed by atoms with Crippen LogP contribution in [0, 0.1) is 12.7 Å². The molecular formula is C11H11BrFNO. The number of carbonyl (C=O) groups excluding carboxylic acids is 1. The van der Waals surface area contributed by atoms with Crippen LogP contribution in [0.2, 0.25) is 0 Å². The second-order valence-corrected chi connectivity index (χ2v) is 5.06. The quantitative estimate of drug-likeness (QED) is 0.720. The molecule has 1 unspecified atom stereocenters. The van der Waals surface area contributed by atoms with E-state index in [1.807, 2.05) is 6.92 Å². The number of hydrogen-bond acceptors (Lipinski definition) is 1. The van der Waals surface area contributed by atoms with Crippen LogP contribution in [0.3, 0.4) is 0 Å². The summed E-state index contributed by atoms with van der Waals surface area (Å²) >= 11 is 3.37. The summed E-state index contributed by atoms with van der Waals surface area (Å²) in [6, 6.07) is 4.81. The number of rotatable bonds is 1. The molecule has 80 valence electrons. The second-order valence-electron chi connectivity index (χ2n) is 3.76. The summed E-state index contributed by atoms with van der Waals surface area (Å²) in [6.07, 6.45) is 0.438. The van der Waals surface area contributed by atoms with Gasteiger partial charge in [0.25, 0.3) is 0 Å². The van der Waals surface area contributed by atoms with Crippen molar-refractivity contribution < 1.29 is 9.18 Å². The Bertz CT molecular complexity index is 408. The maximum atomic E-state index is 13.5. The molecule has 4 heteroatoms. The standard InChI is InChI=1S/C11H11BrFNO/c1-7-2-3-9(13)10(4-7)14-6-8(12)5-11(14)15/h2-4,8H,5-6H2,1H3. The number of aryl methyl sites for hydroxylation is 1. The van der Waals surface area contributed by atoms with Gasteiger partial charge in [-0.05, 0) is 24.6 Å². The largest absolute Gasteiger partial charge is 0.308 e. The Morgan fingerprint density at radius 3 is 2.87 bits per heavy atom. The summed E-state index contributed by atoms with van der Waals surface area (Å²) < 4.78 is 13.5. The molecule has 1 aromatic carbocycles. The predicted octanol–water partition coefficient (Wildman–Crippen LogP) is 2.63. The van der Waals surface area contributed by atoms with Crippen LogP contribution in [0.4, 0.5) is 10.1 Å². The number of amides is 1. The van der Waals surface area contributed by atoms with Crippen molar-refractivity contribution in [3.63, 3.8) is 0 Å². The smallest absolute Gasteiger partial charge is 0.228 e. The zero-order valence-corrected chi connectivity index (χ0v) is 9.92. The Balaban J connectivity index is 2.37. The molecule has 1 aliphatic heterocycles. The first kappa shape index (κ1) is 10.6. The lowest BCUT2D eigenvalue weighted by atomic mass is 10.2. The fraction of sp³-hybridized carbons (Fsp3) is 0.364. The summed E-state index contributed by atoms with van der Waals surface area (Å²) in [5.74, 6) is -0.364. The van der Waals surface area contributed by atoms with Crippen LogP contribution >= 0.6 is 15.9 Å². The molecule has 15 heavy (non-hydrogen) atoms. The van der Waals surface area contributed by atoms with Gasteiger partial charge in [-0.25, -0.2) is 4.39 Å². The third-order valence-corrected chi connectivity index (χ3v) is 3.08. The molecule has 0 radical (unpaired) electrons. The minimum atomic E-state index is -0.337. The summed E-state index contributed by atoms with van der Waals surface area (Å²) in [5.41, 5.74) is 1.35. The molecule has 0 saturated carbocycles. The van der Waals surface area contributed by atoms with Gasteiger partial charge >= 0.3 is 0 Å². The normalized spacial score (nSPS) is 21.1. The molecule has 0 aromatic heterocycles. The topological polar surface area (TPSA) is 20.3 Å². The minimum absolute atomic E-state index is 0.0265. The summed E-state index contributed by atoms with van der Waals surface area (Å²) in [4.78, 5) is 13.2. The fourth-order valence-electron chi connectivity index (χ4n) is 1.73. The number of benzene rings is 1. The first-order valence-electron chi connectivity index (χ1n) is 4.78.